The number of carbonyl (C=O) groups excluding carboxylic acids is 3. The van der Waals surface area contributed by atoms with Crippen LogP contribution in [0, 0.1) is 12.8 Å². The highest BCUT2D eigenvalue weighted by Gasteiger charge is 2.36. The number of ether oxygens (including phenoxy) is 1. The number of carbonyl (C=O) groups is 3. The topological polar surface area (TPSA) is 87.7 Å². The van der Waals surface area contributed by atoms with Crippen LogP contribution in [-0.4, -0.2) is 44.5 Å². The fourth-order valence-electron chi connectivity index (χ4n) is 4.47. The molecule has 3 amide bonds. The van der Waals surface area contributed by atoms with Crippen molar-refractivity contribution in [2.24, 2.45) is 5.92 Å². The number of hydrogen-bond donors (Lipinski definition) is 2. The summed E-state index contributed by atoms with van der Waals surface area (Å²) in [5.74, 6) is -0.856. The molecule has 1 aliphatic carbocycles. The van der Waals surface area contributed by atoms with E-state index in [1.165, 1.54) is 16.2 Å². The zero-order valence-electron chi connectivity index (χ0n) is 19.2. The number of rotatable bonds is 8. The molecule has 1 unspecified atom stereocenters. The molecule has 1 aliphatic heterocycles. The van der Waals surface area contributed by atoms with Crippen molar-refractivity contribution in [3.63, 3.8) is 0 Å². The van der Waals surface area contributed by atoms with Crippen LogP contribution >= 0.6 is 11.3 Å². The van der Waals surface area contributed by atoms with Gasteiger partial charge in [0.1, 0.15) is 5.00 Å². The van der Waals surface area contributed by atoms with E-state index in [0.717, 1.165) is 48.9 Å². The lowest BCUT2D eigenvalue weighted by Crippen LogP contribution is -2.30. The number of methoxy groups -OCH3 is 1. The molecule has 2 aliphatic rings. The predicted molar refractivity (Wildman–Crippen MR) is 130 cm³/mol. The number of thiophene rings is 1. The Labute approximate surface area is 198 Å². The van der Waals surface area contributed by atoms with Crippen molar-refractivity contribution in [3.05, 3.63) is 45.8 Å². The summed E-state index contributed by atoms with van der Waals surface area (Å²) in [4.78, 5) is 41.6. The Kier molecular flexibility index (Phi) is 7.45. The molecule has 0 spiro atoms. The summed E-state index contributed by atoms with van der Waals surface area (Å²) in [6, 6.07) is 7.74. The molecule has 8 heteroatoms. The van der Waals surface area contributed by atoms with Crippen molar-refractivity contribution in [1.29, 1.82) is 0 Å². The highest BCUT2D eigenvalue weighted by molar-refractivity contribution is 7.17. The second kappa shape index (κ2) is 10.5. The predicted octanol–water partition coefficient (Wildman–Crippen LogP) is 3.69. The van der Waals surface area contributed by atoms with E-state index < -0.39 is 5.92 Å². The monoisotopic (exact) mass is 469 g/mol. The molecule has 1 atom stereocenters. The second-order valence-corrected chi connectivity index (χ2v) is 9.85. The molecule has 1 aromatic heterocycles. The Balaban J connectivity index is 1.48. The molecule has 0 bridgehead atoms. The van der Waals surface area contributed by atoms with E-state index in [9.17, 15) is 14.4 Å². The molecule has 33 heavy (non-hydrogen) atoms. The van der Waals surface area contributed by atoms with E-state index in [4.69, 9.17) is 4.74 Å². The first-order valence-electron chi connectivity index (χ1n) is 11.6. The summed E-state index contributed by atoms with van der Waals surface area (Å²) in [5, 5.41) is 6.59. The number of amides is 3. The van der Waals surface area contributed by atoms with E-state index in [-0.39, 0.29) is 24.1 Å². The number of fused-ring (bicyclic) bond motifs is 1. The highest BCUT2D eigenvalue weighted by Crippen LogP contribution is 2.38. The van der Waals surface area contributed by atoms with Crippen molar-refractivity contribution in [2.45, 2.75) is 45.4 Å². The molecule has 7 nitrogen and oxygen atoms in total. The van der Waals surface area contributed by atoms with E-state index >= 15 is 0 Å². The summed E-state index contributed by atoms with van der Waals surface area (Å²) < 4.78 is 5.06. The summed E-state index contributed by atoms with van der Waals surface area (Å²) in [6.07, 6.45) is 4.83. The van der Waals surface area contributed by atoms with Crippen molar-refractivity contribution < 1.29 is 19.1 Å². The van der Waals surface area contributed by atoms with E-state index in [1.54, 1.807) is 12.0 Å². The number of anilines is 2. The Bertz CT molecular complexity index is 1030. The van der Waals surface area contributed by atoms with Crippen molar-refractivity contribution in [1.82, 2.24) is 5.32 Å². The minimum atomic E-state index is -0.449. The Morgan fingerprint density at radius 2 is 1.94 bits per heavy atom. The molecule has 1 saturated heterocycles. The maximum absolute atomic E-state index is 13.1. The summed E-state index contributed by atoms with van der Waals surface area (Å²) in [5.41, 5.74) is 3.59. The largest absolute Gasteiger partial charge is 0.385 e. The van der Waals surface area contributed by atoms with Gasteiger partial charge in [-0.25, -0.2) is 0 Å². The molecular weight excluding hydrogens is 438 g/mol. The van der Waals surface area contributed by atoms with Gasteiger partial charge in [-0.3, -0.25) is 14.4 Å². The lowest BCUT2D eigenvalue weighted by molar-refractivity contribution is -0.122. The van der Waals surface area contributed by atoms with Gasteiger partial charge in [-0.2, -0.15) is 0 Å². The first-order chi connectivity index (χ1) is 16.0. The molecule has 0 saturated carbocycles. The van der Waals surface area contributed by atoms with Gasteiger partial charge in [0.2, 0.25) is 11.8 Å². The van der Waals surface area contributed by atoms with E-state index in [2.05, 4.69) is 10.6 Å². The van der Waals surface area contributed by atoms with Gasteiger partial charge in [-0.1, -0.05) is 17.7 Å². The third-order valence-corrected chi connectivity index (χ3v) is 7.49. The molecule has 0 radical (unpaired) electrons. The molecule has 1 aromatic carbocycles. The number of nitrogens with one attached hydrogen (secondary N) is 2. The van der Waals surface area contributed by atoms with Crippen LogP contribution < -0.4 is 15.5 Å². The fraction of sp³-hybridized carbons (Fsp3) is 0.480. The van der Waals surface area contributed by atoms with Crippen LogP contribution in [0.2, 0.25) is 0 Å². The zero-order chi connectivity index (χ0) is 23.4. The molecule has 2 N–H and O–H groups in total. The normalized spacial score (nSPS) is 17.7. The Morgan fingerprint density at radius 1 is 1.18 bits per heavy atom. The first-order valence-corrected chi connectivity index (χ1v) is 12.4. The zero-order valence-corrected chi connectivity index (χ0v) is 20.1. The molecule has 4 rings (SSSR count). The van der Waals surface area contributed by atoms with Gasteiger partial charge in [0.15, 0.2) is 0 Å². The number of nitrogens with zero attached hydrogens (tertiary/aromatic N) is 1. The SMILES string of the molecule is COCCCNC(=O)c1c(NC(=O)C2CC(=O)N(c3ccc(C)cc3)C2)sc2c1CCCC2. The van der Waals surface area contributed by atoms with Crippen molar-refractivity contribution >= 4 is 39.7 Å². The average Bonchev–Trinajstić information content (AvgIpc) is 3.37. The maximum atomic E-state index is 13.1. The minimum absolute atomic E-state index is 0.0550. The van der Waals surface area contributed by atoms with Crippen LogP contribution in [0.5, 0.6) is 0 Å². The third kappa shape index (κ3) is 5.28. The smallest absolute Gasteiger partial charge is 0.254 e. The van der Waals surface area contributed by atoms with Crippen LogP contribution in [0.4, 0.5) is 10.7 Å². The Morgan fingerprint density at radius 3 is 2.70 bits per heavy atom. The maximum Gasteiger partial charge on any atom is 0.254 e. The lowest BCUT2D eigenvalue weighted by atomic mass is 9.95. The quantitative estimate of drug-likeness (QED) is 0.577. The van der Waals surface area contributed by atoms with E-state index in [0.29, 0.717) is 30.3 Å². The van der Waals surface area contributed by atoms with Gasteiger partial charge in [0.25, 0.3) is 5.91 Å². The van der Waals surface area contributed by atoms with Gasteiger partial charge >= 0.3 is 0 Å². The van der Waals surface area contributed by atoms with Crippen LogP contribution in [0.25, 0.3) is 0 Å². The molecule has 2 heterocycles. The van der Waals surface area contributed by atoms with Crippen molar-refractivity contribution in [3.8, 4) is 0 Å². The van der Waals surface area contributed by atoms with Crippen LogP contribution in [0.15, 0.2) is 24.3 Å². The van der Waals surface area contributed by atoms with Crippen molar-refractivity contribution in [2.75, 3.05) is 37.0 Å². The molecule has 2 aromatic rings. The van der Waals surface area contributed by atoms with Gasteiger partial charge in [-0.15, -0.1) is 11.3 Å². The fourth-order valence-corrected chi connectivity index (χ4v) is 5.76. The molecule has 1 fully saturated rings. The number of benzene rings is 1. The minimum Gasteiger partial charge on any atom is -0.385 e. The van der Waals surface area contributed by atoms with Crippen LogP contribution in [-0.2, 0) is 27.2 Å². The third-order valence-electron chi connectivity index (χ3n) is 6.29. The van der Waals surface area contributed by atoms with Gasteiger partial charge in [0, 0.05) is 43.8 Å². The van der Waals surface area contributed by atoms with Gasteiger partial charge in [-0.05, 0) is 56.7 Å². The van der Waals surface area contributed by atoms with Crippen LogP contribution in [0.1, 0.15) is 52.0 Å². The summed E-state index contributed by atoms with van der Waals surface area (Å²) in [7, 11) is 1.64. The van der Waals surface area contributed by atoms with Crippen LogP contribution in [0.3, 0.4) is 0 Å². The number of aryl methyl sites for hydroxylation is 2. The van der Waals surface area contributed by atoms with Gasteiger partial charge in [0.05, 0.1) is 11.5 Å². The molecule has 176 valence electrons. The Hall–Kier alpha value is -2.71. The number of hydrogen-bond acceptors (Lipinski definition) is 5. The van der Waals surface area contributed by atoms with E-state index in [1.807, 2.05) is 31.2 Å². The molecular formula is C25H31N3O4S. The first kappa shape index (κ1) is 23.4. The lowest BCUT2D eigenvalue weighted by Gasteiger charge is -2.17. The average molecular weight is 470 g/mol. The summed E-state index contributed by atoms with van der Waals surface area (Å²) >= 11 is 1.50. The second-order valence-electron chi connectivity index (χ2n) is 8.75. The standard InChI is InChI=1S/C25H31N3O4S/c1-16-8-10-18(11-9-16)28-15-17(14-21(28)29)23(30)27-25-22(24(31)26-12-5-13-32-2)19-6-3-4-7-20(19)33-25/h8-11,17H,3-7,12-15H2,1-2H3,(H,26,31)(H,27,30). The highest BCUT2D eigenvalue weighted by atomic mass is 32.1. The van der Waals surface area contributed by atoms with Gasteiger partial charge < -0.3 is 20.3 Å². The summed E-state index contributed by atoms with van der Waals surface area (Å²) in [6.45, 7) is 3.45.